The van der Waals surface area contributed by atoms with Crippen molar-refractivity contribution in [3.05, 3.63) is 23.0 Å². The fourth-order valence-corrected chi connectivity index (χ4v) is 4.28. The number of rotatable bonds is 4. The van der Waals surface area contributed by atoms with Gasteiger partial charge in [0.15, 0.2) is 0 Å². The second-order valence-corrected chi connectivity index (χ2v) is 8.13. The predicted molar refractivity (Wildman–Crippen MR) is 95.2 cm³/mol. The summed E-state index contributed by atoms with van der Waals surface area (Å²) in [6.07, 6.45) is 13.0. The lowest BCUT2D eigenvalue weighted by atomic mass is 9.81. The van der Waals surface area contributed by atoms with Crippen molar-refractivity contribution in [2.75, 3.05) is 13.2 Å². The average Bonchev–Trinajstić information content (AvgIpc) is 2.96. The fourth-order valence-electron chi connectivity index (χ4n) is 4.28. The first-order valence-corrected chi connectivity index (χ1v) is 9.79. The van der Waals surface area contributed by atoms with Crippen LogP contribution in [0.15, 0.2) is 23.0 Å². The molecule has 1 saturated heterocycles. The molecule has 2 heteroatoms. The molecule has 3 aliphatic rings. The van der Waals surface area contributed by atoms with Gasteiger partial charge < -0.3 is 9.47 Å². The van der Waals surface area contributed by atoms with Crippen molar-refractivity contribution in [2.24, 2.45) is 17.8 Å². The molecule has 0 bridgehead atoms. The van der Waals surface area contributed by atoms with Crippen LogP contribution < -0.4 is 0 Å². The molecule has 4 atom stereocenters. The van der Waals surface area contributed by atoms with E-state index < -0.39 is 0 Å². The van der Waals surface area contributed by atoms with Crippen molar-refractivity contribution in [1.29, 1.82) is 0 Å². The first-order chi connectivity index (χ1) is 11.1. The number of ether oxygens (including phenoxy) is 2. The minimum atomic E-state index is 0.320. The maximum absolute atomic E-state index is 6.33. The molecule has 0 amide bonds. The lowest BCUT2D eigenvalue weighted by Crippen LogP contribution is -2.19. The molecule has 1 heterocycles. The molecular weight excluding hydrogens is 284 g/mol. The summed E-state index contributed by atoms with van der Waals surface area (Å²) in [5.41, 5.74) is 3.05. The molecule has 23 heavy (non-hydrogen) atoms. The highest BCUT2D eigenvalue weighted by Crippen LogP contribution is 2.39. The summed E-state index contributed by atoms with van der Waals surface area (Å²) in [7, 11) is 0. The predicted octanol–water partition coefficient (Wildman–Crippen LogP) is 5.64. The second-order valence-electron chi connectivity index (χ2n) is 8.13. The van der Waals surface area contributed by atoms with Crippen LogP contribution in [-0.4, -0.2) is 19.3 Å². The zero-order valence-corrected chi connectivity index (χ0v) is 15.3. The van der Waals surface area contributed by atoms with Gasteiger partial charge in [0.2, 0.25) is 0 Å². The monoisotopic (exact) mass is 318 g/mol. The van der Waals surface area contributed by atoms with E-state index in [2.05, 4.69) is 26.8 Å². The zero-order chi connectivity index (χ0) is 16.2. The molecule has 2 nitrogen and oxygen atoms in total. The Hall–Kier alpha value is -0.760. The van der Waals surface area contributed by atoms with Gasteiger partial charge in [-0.3, -0.25) is 0 Å². The molecule has 0 aromatic heterocycles. The Bertz CT molecular complexity index is 456. The topological polar surface area (TPSA) is 18.5 Å². The Morgan fingerprint density at radius 2 is 1.96 bits per heavy atom. The molecule has 4 unspecified atom stereocenters. The van der Waals surface area contributed by atoms with Gasteiger partial charge >= 0.3 is 0 Å². The highest BCUT2D eigenvalue weighted by Gasteiger charge is 2.27. The highest BCUT2D eigenvalue weighted by molar-refractivity contribution is 5.34. The Morgan fingerprint density at radius 3 is 2.74 bits per heavy atom. The van der Waals surface area contributed by atoms with Crippen LogP contribution in [0, 0.1) is 17.8 Å². The lowest BCUT2D eigenvalue weighted by molar-refractivity contribution is 0.0382. The summed E-state index contributed by atoms with van der Waals surface area (Å²) in [4.78, 5) is 0. The van der Waals surface area contributed by atoms with Crippen LogP contribution in [0.4, 0.5) is 0 Å². The van der Waals surface area contributed by atoms with Gasteiger partial charge in [-0.15, -0.1) is 0 Å². The van der Waals surface area contributed by atoms with Crippen LogP contribution in [0.5, 0.6) is 0 Å². The van der Waals surface area contributed by atoms with Gasteiger partial charge in [-0.25, -0.2) is 0 Å². The molecule has 2 fully saturated rings. The van der Waals surface area contributed by atoms with E-state index in [1.165, 1.54) is 55.4 Å². The van der Waals surface area contributed by atoms with Gasteiger partial charge in [-0.05, 0) is 55.9 Å². The molecule has 0 aromatic carbocycles. The Morgan fingerprint density at radius 1 is 1.09 bits per heavy atom. The van der Waals surface area contributed by atoms with Crippen LogP contribution in [0.25, 0.3) is 0 Å². The van der Waals surface area contributed by atoms with Gasteiger partial charge in [0.05, 0.1) is 6.10 Å². The van der Waals surface area contributed by atoms with E-state index in [1.54, 1.807) is 0 Å². The van der Waals surface area contributed by atoms with Crippen molar-refractivity contribution in [3.63, 3.8) is 0 Å². The first-order valence-electron chi connectivity index (χ1n) is 9.79. The highest BCUT2D eigenvalue weighted by atomic mass is 16.5. The molecule has 0 radical (unpaired) electrons. The summed E-state index contributed by atoms with van der Waals surface area (Å²) >= 11 is 0. The SMILES string of the molecule is CC1=CC(C2CCCC(C)CC2)=C(OCC2CCCO2)CC1C. The fraction of sp³-hybridized carbons (Fsp3) is 0.810. The third-order valence-electron chi connectivity index (χ3n) is 6.14. The summed E-state index contributed by atoms with van der Waals surface area (Å²) in [6, 6.07) is 0. The van der Waals surface area contributed by atoms with E-state index in [4.69, 9.17) is 9.47 Å². The van der Waals surface area contributed by atoms with Crippen LogP contribution in [0.1, 0.15) is 72.1 Å². The third kappa shape index (κ3) is 4.41. The van der Waals surface area contributed by atoms with Gasteiger partial charge in [0.1, 0.15) is 12.4 Å². The lowest BCUT2D eigenvalue weighted by Gasteiger charge is -2.29. The van der Waals surface area contributed by atoms with Crippen molar-refractivity contribution in [2.45, 2.75) is 78.2 Å². The largest absolute Gasteiger partial charge is 0.495 e. The summed E-state index contributed by atoms with van der Waals surface area (Å²) in [6.45, 7) is 8.70. The maximum atomic E-state index is 6.33. The van der Waals surface area contributed by atoms with Crippen LogP contribution in [0.3, 0.4) is 0 Å². The van der Waals surface area contributed by atoms with Gasteiger partial charge in [-0.1, -0.05) is 44.8 Å². The smallest absolute Gasteiger partial charge is 0.114 e. The van der Waals surface area contributed by atoms with Gasteiger partial charge in [0, 0.05) is 13.0 Å². The van der Waals surface area contributed by atoms with Crippen LogP contribution >= 0.6 is 0 Å². The summed E-state index contributed by atoms with van der Waals surface area (Å²) < 4.78 is 12.1. The van der Waals surface area contributed by atoms with E-state index in [1.807, 2.05) is 0 Å². The maximum Gasteiger partial charge on any atom is 0.114 e. The molecule has 2 aliphatic carbocycles. The van der Waals surface area contributed by atoms with Gasteiger partial charge in [-0.2, -0.15) is 0 Å². The zero-order valence-electron chi connectivity index (χ0n) is 15.3. The molecule has 1 aliphatic heterocycles. The summed E-state index contributed by atoms with van der Waals surface area (Å²) in [5, 5.41) is 0. The van der Waals surface area contributed by atoms with E-state index in [9.17, 15) is 0 Å². The van der Waals surface area contributed by atoms with E-state index in [0.717, 1.165) is 32.0 Å². The van der Waals surface area contributed by atoms with Gasteiger partial charge in [0.25, 0.3) is 0 Å². The van der Waals surface area contributed by atoms with Crippen molar-refractivity contribution < 1.29 is 9.47 Å². The third-order valence-corrected chi connectivity index (χ3v) is 6.14. The molecule has 0 aromatic rings. The first kappa shape index (κ1) is 17.1. The molecule has 1 saturated carbocycles. The standard InChI is InChI=1S/C21H34O2/c1-15-6-4-7-18(10-9-15)20-12-16(2)17(3)13-21(20)23-14-19-8-5-11-22-19/h12,15,17-19H,4-11,13-14H2,1-3H3. The van der Waals surface area contributed by atoms with E-state index in [-0.39, 0.29) is 0 Å². The number of hydrogen-bond acceptors (Lipinski definition) is 2. The molecule has 130 valence electrons. The number of hydrogen-bond donors (Lipinski definition) is 0. The Labute approximate surface area is 142 Å². The normalized spacial score (nSPS) is 35.9. The Balaban J connectivity index is 1.73. The molecular formula is C21H34O2. The minimum absolute atomic E-state index is 0.320. The average molecular weight is 319 g/mol. The quantitative estimate of drug-likeness (QED) is 0.625. The van der Waals surface area contributed by atoms with Crippen LogP contribution in [-0.2, 0) is 9.47 Å². The molecule has 3 rings (SSSR count). The number of allylic oxidation sites excluding steroid dienone is 4. The van der Waals surface area contributed by atoms with Crippen molar-refractivity contribution in [3.8, 4) is 0 Å². The van der Waals surface area contributed by atoms with E-state index in [0.29, 0.717) is 17.9 Å². The van der Waals surface area contributed by atoms with Crippen molar-refractivity contribution in [1.82, 2.24) is 0 Å². The minimum Gasteiger partial charge on any atom is -0.495 e. The molecule has 0 N–H and O–H groups in total. The Kier molecular flexibility index (Phi) is 5.85. The van der Waals surface area contributed by atoms with E-state index >= 15 is 0 Å². The second kappa shape index (κ2) is 7.88. The summed E-state index contributed by atoms with van der Waals surface area (Å²) in [5.74, 6) is 3.49. The van der Waals surface area contributed by atoms with Crippen LogP contribution in [0.2, 0.25) is 0 Å². The van der Waals surface area contributed by atoms with Crippen molar-refractivity contribution >= 4 is 0 Å². The molecule has 0 spiro atoms.